The molecular weight excluding hydrogens is 200 g/mol. The van der Waals surface area contributed by atoms with Gasteiger partial charge in [-0.15, -0.1) is 0 Å². The summed E-state index contributed by atoms with van der Waals surface area (Å²) in [6, 6.07) is 8.06. The van der Waals surface area contributed by atoms with Crippen LogP contribution in [-0.4, -0.2) is 5.78 Å². The van der Waals surface area contributed by atoms with Crippen LogP contribution in [0.1, 0.15) is 30.6 Å². The molecule has 2 aromatic rings. The highest BCUT2D eigenvalue weighted by Crippen LogP contribution is 2.51. The zero-order valence-electron chi connectivity index (χ0n) is 9.49. The van der Waals surface area contributed by atoms with Gasteiger partial charge in [0.2, 0.25) is 0 Å². The standard InChI is InChI=1S/C14H14O2/c1-8(15)11-7-12(11)14-9(2)16-13-6-4-3-5-10(13)14/h3-6,11-12H,7H2,1-2H3. The molecule has 1 fully saturated rings. The highest BCUT2D eigenvalue weighted by molar-refractivity contribution is 5.88. The third kappa shape index (κ3) is 1.29. The minimum Gasteiger partial charge on any atom is -0.461 e. The molecule has 1 saturated carbocycles. The van der Waals surface area contributed by atoms with Gasteiger partial charge in [-0.05, 0) is 32.3 Å². The summed E-state index contributed by atoms with van der Waals surface area (Å²) in [6.07, 6.45) is 0.986. The average Bonchev–Trinajstić information content (AvgIpc) is 2.95. The Labute approximate surface area is 94.3 Å². The molecule has 2 atom stereocenters. The second-order valence-corrected chi connectivity index (χ2v) is 4.63. The van der Waals surface area contributed by atoms with Gasteiger partial charge in [0.25, 0.3) is 0 Å². The number of rotatable bonds is 2. The lowest BCUT2D eigenvalue weighted by molar-refractivity contribution is -0.118. The maximum atomic E-state index is 11.3. The summed E-state index contributed by atoms with van der Waals surface area (Å²) in [5.74, 6) is 1.88. The quantitative estimate of drug-likeness (QED) is 0.766. The minimum atomic E-state index is 0.222. The zero-order valence-corrected chi connectivity index (χ0v) is 9.49. The molecule has 1 aliphatic rings. The van der Waals surface area contributed by atoms with Gasteiger partial charge in [-0.25, -0.2) is 0 Å². The van der Waals surface area contributed by atoms with E-state index in [4.69, 9.17) is 4.42 Å². The molecule has 1 heterocycles. The number of para-hydroxylation sites is 1. The van der Waals surface area contributed by atoms with Crippen LogP contribution in [0.4, 0.5) is 0 Å². The first-order valence-electron chi connectivity index (χ1n) is 5.67. The lowest BCUT2D eigenvalue weighted by atomic mass is 10.0. The van der Waals surface area contributed by atoms with Crippen LogP contribution in [0.3, 0.4) is 0 Å². The van der Waals surface area contributed by atoms with E-state index in [1.54, 1.807) is 6.92 Å². The number of fused-ring (bicyclic) bond motifs is 1. The molecule has 1 aromatic heterocycles. The number of furan rings is 1. The Balaban J connectivity index is 2.11. The molecule has 3 rings (SSSR count). The van der Waals surface area contributed by atoms with Crippen molar-refractivity contribution in [1.29, 1.82) is 0 Å². The minimum absolute atomic E-state index is 0.222. The summed E-state index contributed by atoms with van der Waals surface area (Å²) in [6.45, 7) is 3.67. The van der Waals surface area contributed by atoms with E-state index >= 15 is 0 Å². The fourth-order valence-corrected chi connectivity index (χ4v) is 2.61. The van der Waals surface area contributed by atoms with Gasteiger partial charge in [0.1, 0.15) is 17.1 Å². The molecule has 0 bridgehead atoms. The van der Waals surface area contributed by atoms with Crippen LogP contribution in [-0.2, 0) is 4.79 Å². The van der Waals surface area contributed by atoms with Gasteiger partial charge in [0, 0.05) is 16.9 Å². The van der Waals surface area contributed by atoms with Crippen molar-refractivity contribution < 1.29 is 9.21 Å². The third-order valence-electron chi connectivity index (χ3n) is 3.50. The van der Waals surface area contributed by atoms with Crippen LogP contribution in [0, 0.1) is 12.8 Å². The number of Topliss-reactive ketones (excluding diaryl/α,β-unsaturated/α-hetero) is 1. The van der Waals surface area contributed by atoms with E-state index in [1.165, 1.54) is 10.9 Å². The number of hydrogen-bond acceptors (Lipinski definition) is 2. The maximum Gasteiger partial charge on any atom is 0.134 e. The molecule has 0 radical (unpaired) electrons. The number of hydrogen-bond donors (Lipinski definition) is 0. The van der Waals surface area contributed by atoms with E-state index in [1.807, 2.05) is 25.1 Å². The number of aryl methyl sites for hydroxylation is 1. The summed E-state index contributed by atoms with van der Waals surface area (Å²) in [5.41, 5.74) is 2.18. The summed E-state index contributed by atoms with van der Waals surface area (Å²) < 4.78 is 5.72. The summed E-state index contributed by atoms with van der Waals surface area (Å²) in [7, 11) is 0. The first-order valence-corrected chi connectivity index (χ1v) is 5.67. The molecule has 16 heavy (non-hydrogen) atoms. The SMILES string of the molecule is CC(=O)C1CC1c1c(C)oc2ccccc12. The summed E-state index contributed by atoms with van der Waals surface area (Å²) in [4.78, 5) is 11.3. The van der Waals surface area contributed by atoms with Crippen molar-refractivity contribution in [2.45, 2.75) is 26.2 Å². The first-order chi connectivity index (χ1) is 7.68. The van der Waals surface area contributed by atoms with Crippen LogP contribution < -0.4 is 0 Å². The number of ketones is 1. The number of benzene rings is 1. The van der Waals surface area contributed by atoms with E-state index < -0.39 is 0 Å². The van der Waals surface area contributed by atoms with Crippen molar-refractivity contribution in [2.24, 2.45) is 5.92 Å². The second-order valence-electron chi connectivity index (χ2n) is 4.63. The molecule has 0 N–H and O–H groups in total. The maximum absolute atomic E-state index is 11.3. The molecule has 0 saturated heterocycles. The normalized spacial score (nSPS) is 23.6. The summed E-state index contributed by atoms with van der Waals surface area (Å²) in [5, 5.41) is 1.17. The Morgan fingerprint density at radius 2 is 2.12 bits per heavy atom. The number of carbonyl (C=O) groups is 1. The van der Waals surface area contributed by atoms with Gasteiger partial charge in [0.05, 0.1) is 0 Å². The molecular formula is C14H14O2. The van der Waals surface area contributed by atoms with E-state index in [0.29, 0.717) is 11.7 Å². The Morgan fingerprint density at radius 3 is 2.81 bits per heavy atom. The topological polar surface area (TPSA) is 30.2 Å². The largest absolute Gasteiger partial charge is 0.461 e. The highest BCUT2D eigenvalue weighted by Gasteiger charge is 2.44. The Kier molecular flexibility index (Phi) is 1.93. The van der Waals surface area contributed by atoms with Gasteiger partial charge in [-0.2, -0.15) is 0 Å². The Bertz CT molecular complexity index is 565. The van der Waals surface area contributed by atoms with Gasteiger partial charge in [-0.1, -0.05) is 18.2 Å². The van der Waals surface area contributed by atoms with Crippen molar-refractivity contribution in [1.82, 2.24) is 0 Å². The smallest absolute Gasteiger partial charge is 0.134 e. The fourth-order valence-electron chi connectivity index (χ4n) is 2.61. The first kappa shape index (κ1) is 9.64. The molecule has 82 valence electrons. The van der Waals surface area contributed by atoms with Gasteiger partial charge in [0.15, 0.2) is 0 Å². The molecule has 1 aliphatic carbocycles. The molecule has 0 amide bonds. The van der Waals surface area contributed by atoms with Crippen LogP contribution >= 0.6 is 0 Å². The predicted octanol–water partition coefficient (Wildman–Crippen LogP) is 3.43. The molecule has 2 unspecified atom stereocenters. The van der Waals surface area contributed by atoms with E-state index in [2.05, 4.69) is 6.07 Å². The second kappa shape index (κ2) is 3.21. The van der Waals surface area contributed by atoms with E-state index in [9.17, 15) is 4.79 Å². The lowest BCUT2D eigenvalue weighted by Crippen LogP contribution is -1.95. The third-order valence-corrected chi connectivity index (χ3v) is 3.50. The zero-order chi connectivity index (χ0) is 11.3. The molecule has 2 heteroatoms. The molecule has 2 nitrogen and oxygen atoms in total. The Hall–Kier alpha value is -1.57. The molecule has 0 aliphatic heterocycles. The summed E-state index contributed by atoms with van der Waals surface area (Å²) >= 11 is 0. The van der Waals surface area contributed by atoms with Crippen molar-refractivity contribution in [3.8, 4) is 0 Å². The number of carbonyl (C=O) groups excluding carboxylic acids is 1. The van der Waals surface area contributed by atoms with Crippen molar-refractivity contribution >= 4 is 16.8 Å². The monoisotopic (exact) mass is 214 g/mol. The van der Waals surface area contributed by atoms with Crippen LogP contribution in [0.25, 0.3) is 11.0 Å². The lowest BCUT2D eigenvalue weighted by Gasteiger charge is -1.96. The highest BCUT2D eigenvalue weighted by atomic mass is 16.3. The fraction of sp³-hybridized carbons (Fsp3) is 0.357. The predicted molar refractivity (Wildman–Crippen MR) is 62.5 cm³/mol. The van der Waals surface area contributed by atoms with E-state index in [-0.39, 0.29) is 5.92 Å². The van der Waals surface area contributed by atoms with Crippen LogP contribution in [0.2, 0.25) is 0 Å². The molecule has 0 spiro atoms. The van der Waals surface area contributed by atoms with Gasteiger partial charge < -0.3 is 4.42 Å². The van der Waals surface area contributed by atoms with Gasteiger partial charge in [-0.3, -0.25) is 4.79 Å². The van der Waals surface area contributed by atoms with Crippen molar-refractivity contribution in [3.63, 3.8) is 0 Å². The van der Waals surface area contributed by atoms with Crippen molar-refractivity contribution in [3.05, 3.63) is 35.6 Å². The van der Waals surface area contributed by atoms with Crippen molar-refractivity contribution in [2.75, 3.05) is 0 Å². The van der Waals surface area contributed by atoms with Crippen LogP contribution in [0.5, 0.6) is 0 Å². The average molecular weight is 214 g/mol. The van der Waals surface area contributed by atoms with E-state index in [0.717, 1.165) is 17.8 Å². The molecule has 1 aromatic carbocycles. The van der Waals surface area contributed by atoms with Crippen LogP contribution in [0.15, 0.2) is 28.7 Å². The Morgan fingerprint density at radius 1 is 1.38 bits per heavy atom. The van der Waals surface area contributed by atoms with Gasteiger partial charge >= 0.3 is 0 Å².